The number of nitrogens with one attached hydrogen (secondary N) is 1. The van der Waals surface area contributed by atoms with Gasteiger partial charge in [0.2, 0.25) is 0 Å². The molecule has 1 N–H and O–H groups in total. The zero-order valence-corrected chi connectivity index (χ0v) is 13.9. The zero-order chi connectivity index (χ0) is 15.3. The Kier molecular flexibility index (Phi) is 5.40. The normalized spacial score (nSPS) is 16.0. The molecule has 1 aromatic heterocycles. The second kappa shape index (κ2) is 7.08. The van der Waals surface area contributed by atoms with E-state index in [0.29, 0.717) is 5.41 Å². The Bertz CT molecular complexity index is 485. The fourth-order valence-corrected chi connectivity index (χ4v) is 2.80. The van der Waals surface area contributed by atoms with E-state index in [2.05, 4.69) is 55.0 Å². The Morgan fingerprint density at radius 3 is 2.76 bits per heavy atom. The maximum absolute atomic E-state index is 4.62. The molecule has 0 saturated heterocycles. The molecule has 116 valence electrons. The summed E-state index contributed by atoms with van der Waals surface area (Å²) in [5.74, 6) is 1.14. The summed E-state index contributed by atoms with van der Waals surface area (Å²) in [6.45, 7) is 13.1. The largest absolute Gasteiger partial charge is 0.352 e. The molecule has 0 bridgehead atoms. The van der Waals surface area contributed by atoms with Gasteiger partial charge in [-0.25, -0.2) is 4.98 Å². The highest BCUT2D eigenvalue weighted by atomic mass is 15.2. The molecule has 2 heterocycles. The van der Waals surface area contributed by atoms with E-state index in [-0.39, 0.29) is 0 Å². The lowest BCUT2D eigenvalue weighted by atomic mass is 9.83. The van der Waals surface area contributed by atoms with E-state index in [1.165, 1.54) is 5.56 Å². The number of anilines is 1. The first-order valence-corrected chi connectivity index (χ1v) is 8.11. The van der Waals surface area contributed by atoms with Gasteiger partial charge in [0.15, 0.2) is 0 Å². The maximum atomic E-state index is 4.62. The first-order valence-electron chi connectivity index (χ1n) is 8.11. The van der Waals surface area contributed by atoms with Crippen molar-refractivity contribution in [2.45, 2.75) is 47.1 Å². The molecule has 1 aliphatic heterocycles. The summed E-state index contributed by atoms with van der Waals surface area (Å²) in [7, 11) is 0. The van der Waals surface area contributed by atoms with Gasteiger partial charge >= 0.3 is 0 Å². The van der Waals surface area contributed by atoms with Crippen LogP contribution >= 0.6 is 0 Å². The van der Waals surface area contributed by atoms with E-state index in [1.807, 2.05) is 12.3 Å². The Hall–Kier alpha value is -1.35. The Labute approximate surface area is 129 Å². The molecule has 0 atom stereocenters. The van der Waals surface area contributed by atoms with Gasteiger partial charge in [0.05, 0.1) is 0 Å². The molecule has 0 aromatic carbocycles. The molecule has 1 aromatic rings. The SMILES string of the molecule is CCCNCc1cccnc1N1CC=C(C(C)(C)C)CC1. The van der Waals surface area contributed by atoms with Gasteiger partial charge in [-0.15, -0.1) is 0 Å². The average Bonchev–Trinajstić information content (AvgIpc) is 2.47. The summed E-state index contributed by atoms with van der Waals surface area (Å²) >= 11 is 0. The summed E-state index contributed by atoms with van der Waals surface area (Å²) in [6.07, 6.45) is 6.60. The van der Waals surface area contributed by atoms with Crippen LogP contribution in [0.5, 0.6) is 0 Å². The fourth-order valence-electron chi connectivity index (χ4n) is 2.80. The van der Waals surface area contributed by atoms with Crippen LogP contribution in [0.2, 0.25) is 0 Å². The molecule has 3 heteroatoms. The van der Waals surface area contributed by atoms with Crippen molar-refractivity contribution in [3.05, 3.63) is 35.5 Å². The molecule has 2 rings (SSSR count). The predicted octanol–water partition coefficient (Wildman–Crippen LogP) is 3.76. The predicted molar refractivity (Wildman–Crippen MR) is 90.6 cm³/mol. The van der Waals surface area contributed by atoms with Crippen LogP contribution in [0.4, 0.5) is 5.82 Å². The molecule has 0 radical (unpaired) electrons. The number of hydrogen-bond donors (Lipinski definition) is 1. The summed E-state index contributed by atoms with van der Waals surface area (Å²) in [5.41, 5.74) is 3.17. The van der Waals surface area contributed by atoms with E-state index >= 15 is 0 Å². The molecule has 0 amide bonds. The van der Waals surface area contributed by atoms with Crippen LogP contribution in [0.1, 0.15) is 46.1 Å². The summed E-state index contributed by atoms with van der Waals surface area (Å²) < 4.78 is 0. The molecule has 0 aliphatic carbocycles. The molecule has 0 spiro atoms. The maximum Gasteiger partial charge on any atom is 0.133 e. The van der Waals surface area contributed by atoms with E-state index in [4.69, 9.17) is 0 Å². The second-order valence-electron chi connectivity index (χ2n) is 6.84. The van der Waals surface area contributed by atoms with Crippen LogP contribution in [0.25, 0.3) is 0 Å². The number of nitrogens with zero attached hydrogens (tertiary/aromatic N) is 2. The van der Waals surface area contributed by atoms with Crippen molar-refractivity contribution in [3.8, 4) is 0 Å². The molecule has 3 nitrogen and oxygen atoms in total. The molecule has 1 aliphatic rings. The molecule has 0 fully saturated rings. The van der Waals surface area contributed by atoms with E-state index in [0.717, 1.165) is 44.8 Å². The van der Waals surface area contributed by atoms with Crippen molar-refractivity contribution >= 4 is 5.82 Å². The highest BCUT2D eigenvalue weighted by Crippen LogP contribution is 2.31. The molecular formula is C18H29N3. The highest BCUT2D eigenvalue weighted by molar-refractivity contribution is 5.48. The lowest BCUT2D eigenvalue weighted by Crippen LogP contribution is -2.33. The van der Waals surface area contributed by atoms with Gasteiger partial charge in [0.1, 0.15) is 5.82 Å². The lowest BCUT2D eigenvalue weighted by Gasteiger charge is -2.33. The molecular weight excluding hydrogens is 258 g/mol. The van der Waals surface area contributed by atoms with Crippen LogP contribution < -0.4 is 10.2 Å². The minimum atomic E-state index is 0.293. The standard InChI is InChI=1S/C18H29N3/c1-5-10-19-14-15-7-6-11-20-17(15)21-12-8-16(9-13-21)18(2,3)4/h6-8,11,19H,5,9-10,12-14H2,1-4H3. The van der Waals surface area contributed by atoms with Gasteiger partial charge < -0.3 is 10.2 Å². The van der Waals surface area contributed by atoms with Crippen LogP contribution in [0.15, 0.2) is 30.0 Å². The number of pyridine rings is 1. The van der Waals surface area contributed by atoms with Crippen LogP contribution in [0.3, 0.4) is 0 Å². The van der Waals surface area contributed by atoms with Crippen LogP contribution in [-0.2, 0) is 6.54 Å². The quantitative estimate of drug-likeness (QED) is 0.660. The first kappa shape index (κ1) is 16.0. The third kappa shape index (κ3) is 4.31. The Balaban J connectivity index is 2.08. The fraction of sp³-hybridized carbons (Fsp3) is 0.611. The van der Waals surface area contributed by atoms with E-state index < -0.39 is 0 Å². The molecule has 0 unspecified atom stereocenters. The van der Waals surface area contributed by atoms with Gasteiger partial charge in [-0.3, -0.25) is 0 Å². The van der Waals surface area contributed by atoms with E-state index in [9.17, 15) is 0 Å². The lowest BCUT2D eigenvalue weighted by molar-refractivity contribution is 0.472. The monoisotopic (exact) mass is 287 g/mol. The smallest absolute Gasteiger partial charge is 0.133 e. The van der Waals surface area contributed by atoms with Crippen molar-refractivity contribution in [1.29, 1.82) is 0 Å². The van der Waals surface area contributed by atoms with Gasteiger partial charge in [-0.1, -0.05) is 45.4 Å². The summed E-state index contributed by atoms with van der Waals surface area (Å²) in [4.78, 5) is 7.03. The van der Waals surface area contributed by atoms with Crippen LogP contribution in [0, 0.1) is 5.41 Å². The van der Waals surface area contributed by atoms with Crippen molar-refractivity contribution in [1.82, 2.24) is 10.3 Å². The molecule has 0 saturated carbocycles. The number of hydrogen-bond acceptors (Lipinski definition) is 3. The third-order valence-corrected chi connectivity index (χ3v) is 4.08. The highest BCUT2D eigenvalue weighted by Gasteiger charge is 2.22. The van der Waals surface area contributed by atoms with Gasteiger partial charge in [-0.05, 0) is 30.9 Å². The zero-order valence-electron chi connectivity index (χ0n) is 13.9. The first-order chi connectivity index (χ1) is 10.0. The van der Waals surface area contributed by atoms with Crippen molar-refractivity contribution in [2.24, 2.45) is 5.41 Å². The third-order valence-electron chi connectivity index (χ3n) is 4.08. The summed E-state index contributed by atoms with van der Waals surface area (Å²) in [5, 5.41) is 3.48. The van der Waals surface area contributed by atoms with Crippen molar-refractivity contribution < 1.29 is 0 Å². The van der Waals surface area contributed by atoms with Gasteiger partial charge in [-0.2, -0.15) is 0 Å². The number of rotatable bonds is 5. The van der Waals surface area contributed by atoms with Gasteiger partial charge in [0, 0.05) is 31.4 Å². The van der Waals surface area contributed by atoms with Gasteiger partial charge in [0.25, 0.3) is 0 Å². The Morgan fingerprint density at radius 1 is 1.33 bits per heavy atom. The minimum absolute atomic E-state index is 0.293. The second-order valence-corrected chi connectivity index (χ2v) is 6.84. The topological polar surface area (TPSA) is 28.2 Å². The average molecular weight is 287 g/mol. The van der Waals surface area contributed by atoms with Crippen LogP contribution in [-0.4, -0.2) is 24.6 Å². The van der Waals surface area contributed by atoms with Crippen molar-refractivity contribution in [3.63, 3.8) is 0 Å². The van der Waals surface area contributed by atoms with E-state index in [1.54, 1.807) is 5.57 Å². The minimum Gasteiger partial charge on any atom is -0.352 e. The van der Waals surface area contributed by atoms with Crippen molar-refractivity contribution in [2.75, 3.05) is 24.5 Å². The summed E-state index contributed by atoms with van der Waals surface area (Å²) in [6, 6.07) is 4.22. The molecule has 21 heavy (non-hydrogen) atoms. The Morgan fingerprint density at radius 2 is 2.14 bits per heavy atom. The number of aromatic nitrogens is 1.